The zero-order chi connectivity index (χ0) is 36.1. The molecule has 1 spiro atoms. The predicted octanol–water partition coefficient (Wildman–Crippen LogP) is 13.8. The molecular formula is C53H44N2. The van der Waals surface area contributed by atoms with Gasteiger partial charge in [-0.05, 0) is 154 Å². The van der Waals surface area contributed by atoms with Crippen molar-refractivity contribution >= 4 is 39.6 Å². The summed E-state index contributed by atoms with van der Waals surface area (Å²) in [6.45, 7) is 0.862. The Balaban J connectivity index is 1.00. The molecule has 13 rings (SSSR count). The summed E-state index contributed by atoms with van der Waals surface area (Å²) in [5.41, 5.74) is 17.3. The topological polar surface area (TPSA) is 15.3 Å². The zero-order valence-corrected chi connectivity index (χ0v) is 31.1. The Hall–Kier alpha value is -5.86. The van der Waals surface area contributed by atoms with E-state index in [1.165, 1.54) is 93.2 Å². The van der Waals surface area contributed by atoms with Crippen molar-refractivity contribution in [3.63, 3.8) is 0 Å². The van der Waals surface area contributed by atoms with E-state index in [4.69, 9.17) is 0 Å². The molecule has 2 heteroatoms. The average Bonchev–Trinajstić information content (AvgIpc) is 3.53. The second kappa shape index (κ2) is 12.1. The van der Waals surface area contributed by atoms with E-state index < -0.39 is 0 Å². The van der Waals surface area contributed by atoms with Crippen molar-refractivity contribution in [2.24, 2.45) is 23.7 Å². The highest BCUT2D eigenvalue weighted by Crippen LogP contribution is 2.69. The second-order valence-corrected chi connectivity index (χ2v) is 17.0. The molecule has 0 aromatic heterocycles. The van der Waals surface area contributed by atoms with Gasteiger partial charge in [-0.2, -0.15) is 0 Å². The molecule has 4 bridgehead atoms. The van der Waals surface area contributed by atoms with Crippen LogP contribution in [0.1, 0.15) is 48.8 Å². The summed E-state index contributed by atoms with van der Waals surface area (Å²) < 4.78 is 0. The van der Waals surface area contributed by atoms with Crippen LogP contribution >= 0.6 is 0 Å². The third-order valence-corrected chi connectivity index (χ3v) is 14.2. The van der Waals surface area contributed by atoms with Crippen LogP contribution in [-0.4, -0.2) is 6.54 Å². The molecule has 4 fully saturated rings. The molecule has 0 saturated heterocycles. The normalized spacial score (nSPS) is 23.7. The van der Waals surface area contributed by atoms with Crippen LogP contribution < -0.4 is 10.2 Å². The van der Waals surface area contributed by atoms with Crippen molar-refractivity contribution < 1.29 is 0 Å². The Kier molecular flexibility index (Phi) is 6.91. The molecule has 0 unspecified atom stereocenters. The summed E-state index contributed by atoms with van der Waals surface area (Å²) in [5.74, 6) is 3.45. The standard InChI is InChI=1S/C53H44N2/c1-2-9-36(10-3-1)37-18-21-42(22-19-37)55(43-23-25-51-39(32-43)11-8-26-54-51)52-17-7-14-45-44(13-6-15-47(45)52)38-20-24-50-48(33-38)46-12-4-5-16-49(46)53(50)40-28-34-27-35(30-40)31-41(53)29-34/h1-25,32-35,40-41,54H,26-31H2. The van der Waals surface area contributed by atoms with Crippen molar-refractivity contribution in [3.05, 3.63) is 174 Å². The maximum Gasteiger partial charge on any atom is 0.0540 e. The summed E-state index contributed by atoms with van der Waals surface area (Å²) in [7, 11) is 0. The first kappa shape index (κ1) is 31.5. The van der Waals surface area contributed by atoms with Gasteiger partial charge in [0.25, 0.3) is 0 Å². The zero-order valence-electron chi connectivity index (χ0n) is 31.1. The summed E-state index contributed by atoms with van der Waals surface area (Å²) in [6.07, 6.45) is 11.6. The molecule has 0 amide bonds. The quantitative estimate of drug-likeness (QED) is 0.191. The minimum absolute atomic E-state index is 0.194. The summed E-state index contributed by atoms with van der Waals surface area (Å²) in [4.78, 5) is 2.44. The maximum absolute atomic E-state index is 3.54. The Labute approximate surface area is 324 Å². The first-order valence-corrected chi connectivity index (χ1v) is 20.5. The van der Waals surface area contributed by atoms with E-state index in [1.54, 1.807) is 11.1 Å². The number of benzene rings is 7. The highest BCUT2D eigenvalue weighted by atomic mass is 15.1. The summed E-state index contributed by atoms with van der Waals surface area (Å²) in [5, 5.41) is 6.07. The number of anilines is 4. The van der Waals surface area contributed by atoms with Gasteiger partial charge in [0.15, 0.2) is 0 Å². The highest BCUT2D eigenvalue weighted by molar-refractivity contribution is 6.06. The van der Waals surface area contributed by atoms with Crippen LogP contribution in [0, 0.1) is 23.7 Å². The summed E-state index contributed by atoms with van der Waals surface area (Å²) >= 11 is 0. The lowest BCUT2D eigenvalue weighted by atomic mass is 9.43. The number of rotatable bonds is 5. The van der Waals surface area contributed by atoms with E-state index in [0.29, 0.717) is 0 Å². The molecule has 6 aliphatic rings. The number of nitrogens with one attached hydrogen (secondary N) is 1. The van der Waals surface area contributed by atoms with Gasteiger partial charge < -0.3 is 10.2 Å². The maximum atomic E-state index is 3.54. The molecule has 2 nitrogen and oxygen atoms in total. The van der Waals surface area contributed by atoms with E-state index in [2.05, 4.69) is 174 Å². The fourth-order valence-corrected chi connectivity index (χ4v) is 12.3. The Morgan fingerprint density at radius 1 is 0.491 bits per heavy atom. The molecule has 1 heterocycles. The van der Waals surface area contributed by atoms with Gasteiger partial charge in [-0.1, -0.05) is 121 Å². The fourth-order valence-electron chi connectivity index (χ4n) is 12.3. The first-order valence-electron chi connectivity index (χ1n) is 20.5. The molecule has 7 aromatic rings. The minimum atomic E-state index is 0.194. The van der Waals surface area contributed by atoms with Gasteiger partial charge in [-0.15, -0.1) is 0 Å². The lowest BCUT2D eigenvalue weighted by Gasteiger charge is -2.61. The molecular weight excluding hydrogens is 665 g/mol. The molecule has 5 aliphatic carbocycles. The molecule has 0 atom stereocenters. The van der Waals surface area contributed by atoms with Crippen LogP contribution in [0.2, 0.25) is 0 Å². The van der Waals surface area contributed by atoms with Crippen LogP contribution in [0.5, 0.6) is 0 Å². The van der Waals surface area contributed by atoms with E-state index in [0.717, 1.165) is 41.6 Å². The average molecular weight is 709 g/mol. The van der Waals surface area contributed by atoms with E-state index >= 15 is 0 Å². The molecule has 4 saturated carbocycles. The second-order valence-electron chi connectivity index (χ2n) is 17.0. The van der Waals surface area contributed by atoms with Crippen molar-refractivity contribution in [1.29, 1.82) is 0 Å². The molecule has 55 heavy (non-hydrogen) atoms. The Bertz CT molecular complexity index is 2640. The molecule has 0 radical (unpaired) electrons. The number of nitrogens with zero attached hydrogens (tertiary/aromatic N) is 1. The van der Waals surface area contributed by atoms with Crippen molar-refractivity contribution in [1.82, 2.24) is 0 Å². The monoisotopic (exact) mass is 708 g/mol. The van der Waals surface area contributed by atoms with Gasteiger partial charge >= 0.3 is 0 Å². The van der Waals surface area contributed by atoms with Crippen LogP contribution in [0.3, 0.4) is 0 Å². The van der Waals surface area contributed by atoms with E-state index in [-0.39, 0.29) is 5.41 Å². The first-order chi connectivity index (χ1) is 27.2. The lowest BCUT2D eigenvalue weighted by Crippen LogP contribution is -2.55. The van der Waals surface area contributed by atoms with Gasteiger partial charge in [0, 0.05) is 34.4 Å². The van der Waals surface area contributed by atoms with Crippen LogP contribution in [-0.2, 0) is 5.41 Å². The van der Waals surface area contributed by atoms with Crippen molar-refractivity contribution in [2.45, 2.75) is 37.5 Å². The smallest absolute Gasteiger partial charge is 0.0540 e. The van der Waals surface area contributed by atoms with Gasteiger partial charge in [-0.25, -0.2) is 0 Å². The van der Waals surface area contributed by atoms with E-state index in [9.17, 15) is 0 Å². The van der Waals surface area contributed by atoms with Crippen LogP contribution in [0.4, 0.5) is 22.7 Å². The van der Waals surface area contributed by atoms with Crippen LogP contribution in [0.15, 0.2) is 158 Å². The van der Waals surface area contributed by atoms with Gasteiger partial charge in [0.1, 0.15) is 0 Å². The lowest BCUT2D eigenvalue weighted by molar-refractivity contribution is -0.0399. The van der Waals surface area contributed by atoms with Crippen LogP contribution in [0.25, 0.3) is 50.2 Å². The molecule has 266 valence electrons. The SMILES string of the molecule is C1=Cc2cc(N(c3ccc(-c4ccccc4)cc3)c3cccc4c(-c5ccc6c(c5)-c5ccccc5C65C6CC7CC(C6)CC5C7)cccc34)ccc2NC1. The molecule has 7 aromatic carbocycles. The fraction of sp³-hybridized carbons (Fsp3) is 0.208. The third-order valence-electron chi connectivity index (χ3n) is 14.2. The molecule has 1 aliphatic heterocycles. The number of hydrogen-bond donors (Lipinski definition) is 1. The van der Waals surface area contributed by atoms with Crippen molar-refractivity contribution in [3.8, 4) is 33.4 Å². The Morgan fingerprint density at radius 3 is 2.00 bits per heavy atom. The van der Waals surface area contributed by atoms with Gasteiger partial charge in [0.2, 0.25) is 0 Å². The highest BCUT2D eigenvalue weighted by Gasteiger charge is 2.61. The summed E-state index contributed by atoms with van der Waals surface area (Å²) in [6, 6.07) is 57.4. The van der Waals surface area contributed by atoms with Gasteiger partial charge in [0.05, 0.1) is 5.69 Å². The Morgan fingerprint density at radius 2 is 1.16 bits per heavy atom. The largest absolute Gasteiger partial charge is 0.381 e. The third kappa shape index (κ3) is 4.67. The molecule has 1 N–H and O–H groups in total. The predicted molar refractivity (Wildman–Crippen MR) is 230 cm³/mol. The van der Waals surface area contributed by atoms with E-state index in [1.807, 2.05) is 0 Å². The minimum Gasteiger partial charge on any atom is -0.381 e. The number of hydrogen-bond acceptors (Lipinski definition) is 2. The van der Waals surface area contributed by atoms with Gasteiger partial charge in [-0.3, -0.25) is 0 Å². The number of fused-ring (bicyclic) bond motifs is 5. The van der Waals surface area contributed by atoms with Crippen molar-refractivity contribution in [2.75, 3.05) is 16.8 Å².